The molecule has 7 heteroatoms. The highest BCUT2D eigenvalue weighted by molar-refractivity contribution is 6.20. The molecule has 1 aromatic rings. The fraction of sp³-hybridized carbons (Fsp3) is 0.143. The molecule has 0 spiro atoms. The molecule has 0 heterocycles. The summed E-state index contributed by atoms with van der Waals surface area (Å²) in [7, 11) is 0. The van der Waals surface area contributed by atoms with E-state index in [4.69, 9.17) is 0 Å². The molecule has 0 amide bonds. The van der Waals surface area contributed by atoms with E-state index >= 15 is 0 Å². The van der Waals surface area contributed by atoms with Crippen molar-refractivity contribution in [3.8, 4) is 5.75 Å². The molecule has 0 aliphatic carbocycles. The third-order valence-corrected chi connectivity index (χ3v) is 1.30. The van der Waals surface area contributed by atoms with Crippen molar-refractivity contribution in [1.82, 2.24) is 0 Å². The van der Waals surface area contributed by atoms with Gasteiger partial charge in [0.1, 0.15) is 0 Å². The van der Waals surface area contributed by atoms with Crippen molar-refractivity contribution in [2.24, 2.45) is 0 Å². The second kappa shape index (κ2) is 3.61. The van der Waals surface area contributed by atoms with Crippen LogP contribution in [0.5, 0.6) is 5.75 Å². The van der Waals surface area contributed by atoms with E-state index in [1.807, 2.05) is 0 Å². The Balaban J connectivity index is 3.06. The monoisotopic (exact) mass is 232 g/mol. The first-order valence-electron chi connectivity index (χ1n) is 3.20. The predicted octanol–water partition coefficient (Wildman–Crippen LogP) is 3.27. The van der Waals surface area contributed by atoms with E-state index < -0.39 is 28.8 Å². The largest absolute Gasteiger partial charge is 0.487 e. The molecule has 0 aliphatic heterocycles. The highest BCUT2D eigenvalue weighted by Crippen LogP contribution is 2.29. The van der Waals surface area contributed by atoms with Gasteiger partial charge < -0.3 is 4.74 Å². The highest BCUT2D eigenvalue weighted by atomic mass is 35.5. The predicted molar refractivity (Wildman–Crippen MR) is 37.7 cm³/mol. The topological polar surface area (TPSA) is 9.23 Å². The van der Waals surface area contributed by atoms with Gasteiger partial charge in [-0.25, -0.2) is 8.78 Å². The molecule has 1 aromatic carbocycles. The maximum Gasteiger partial charge on any atom is 0.487 e. The van der Waals surface area contributed by atoms with Crippen LogP contribution in [-0.4, -0.2) is 5.57 Å². The summed E-state index contributed by atoms with van der Waals surface area (Å²) in [5.74, 6) is -6.43. The van der Waals surface area contributed by atoms with E-state index in [1.54, 1.807) is 0 Å². The Kier molecular flexibility index (Phi) is 2.84. The Bertz CT molecular complexity index is 349. The molecule has 14 heavy (non-hydrogen) atoms. The summed E-state index contributed by atoms with van der Waals surface area (Å²) in [4.78, 5) is 0. The van der Waals surface area contributed by atoms with Crippen molar-refractivity contribution in [2.45, 2.75) is 5.57 Å². The van der Waals surface area contributed by atoms with E-state index in [1.165, 1.54) is 0 Å². The van der Waals surface area contributed by atoms with Gasteiger partial charge in [0.15, 0.2) is 17.4 Å². The standard InChI is InChI=1S/C7H2ClF5O/c8-7(12,13)14-4-2-1-3(9)5(10)6(4)11/h1-2H. The lowest BCUT2D eigenvalue weighted by Crippen LogP contribution is -2.17. The van der Waals surface area contributed by atoms with Gasteiger partial charge in [-0.05, 0) is 12.1 Å². The minimum atomic E-state index is -4.18. The van der Waals surface area contributed by atoms with Crippen LogP contribution in [0, 0.1) is 17.5 Å². The van der Waals surface area contributed by atoms with Crippen molar-refractivity contribution in [3.05, 3.63) is 29.6 Å². The number of ether oxygens (including phenoxy) is 1. The van der Waals surface area contributed by atoms with E-state index in [9.17, 15) is 22.0 Å². The van der Waals surface area contributed by atoms with Gasteiger partial charge in [-0.1, -0.05) is 0 Å². The Morgan fingerprint density at radius 1 is 1.07 bits per heavy atom. The molecule has 1 rings (SSSR count). The van der Waals surface area contributed by atoms with Crippen LogP contribution in [0.3, 0.4) is 0 Å². The molecule has 1 nitrogen and oxygen atoms in total. The van der Waals surface area contributed by atoms with Gasteiger partial charge in [-0.3, -0.25) is 0 Å². The lowest BCUT2D eigenvalue weighted by Gasteiger charge is -2.11. The van der Waals surface area contributed by atoms with Crippen molar-refractivity contribution in [1.29, 1.82) is 0 Å². The van der Waals surface area contributed by atoms with Gasteiger partial charge in [0.05, 0.1) is 0 Å². The average molecular weight is 233 g/mol. The van der Waals surface area contributed by atoms with E-state index in [0.29, 0.717) is 12.1 Å². The smallest absolute Gasteiger partial charge is 0.417 e. The molecule has 0 aromatic heterocycles. The van der Waals surface area contributed by atoms with Crippen LogP contribution in [0.4, 0.5) is 22.0 Å². The Hall–Kier alpha value is -1.04. The van der Waals surface area contributed by atoms with Crippen LogP contribution in [0.2, 0.25) is 0 Å². The number of halogens is 6. The second-order valence-electron chi connectivity index (χ2n) is 2.22. The summed E-state index contributed by atoms with van der Waals surface area (Å²) < 4.78 is 64.9. The van der Waals surface area contributed by atoms with Crippen molar-refractivity contribution in [3.63, 3.8) is 0 Å². The molecular formula is C7H2ClF5O. The summed E-state index contributed by atoms with van der Waals surface area (Å²) >= 11 is 4.29. The minimum Gasteiger partial charge on any atom is -0.417 e. The average Bonchev–Trinajstić information content (AvgIpc) is 2.04. The molecule has 0 fully saturated rings. The second-order valence-corrected chi connectivity index (χ2v) is 2.66. The van der Waals surface area contributed by atoms with Crippen molar-refractivity contribution < 1.29 is 26.7 Å². The van der Waals surface area contributed by atoms with Gasteiger partial charge in [0.25, 0.3) is 0 Å². The highest BCUT2D eigenvalue weighted by Gasteiger charge is 2.30. The summed E-state index contributed by atoms with van der Waals surface area (Å²) in [6.45, 7) is 0. The zero-order valence-electron chi connectivity index (χ0n) is 6.33. The molecule has 0 radical (unpaired) electrons. The van der Waals surface area contributed by atoms with Gasteiger partial charge in [0, 0.05) is 11.6 Å². The normalized spacial score (nSPS) is 11.6. The first kappa shape index (κ1) is 11.0. The number of rotatable bonds is 2. The SMILES string of the molecule is Fc1ccc(OC(F)(F)Cl)c(F)c1F. The van der Waals surface area contributed by atoms with Crippen LogP contribution in [0.1, 0.15) is 0 Å². The van der Waals surface area contributed by atoms with Gasteiger partial charge in [-0.2, -0.15) is 4.39 Å². The minimum absolute atomic E-state index is 0.441. The molecule has 0 aliphatic rings. The molecule has 0 saturated carbocycles. The van der Waals surface area contributed by atoms with Gasteiger partial charge in [0.2, 0.25) is 5.82 Å². The Morgan fingerprint density at radius 3 is 2.14 bits per heavy atom. The summed E-state index contributed by atoms with van der Waals surface area (Å²) in [6, 6.07) is 0.945. The van der Waals surface area contributed by atoms with E-state index in [2.05, 4.69) is 16.3 Å². The molecule has 0 saturated heterocycles. The molecule has 78 valence electrons. The van der Waals surface area contributed by atoms with Crippen LogP contribution >= 0.6 is 11.6 Å². The van der Waals surface area contributed by atoms with Crippen LogP contribution in [0.15, 0.2) is 12.1 Å². The van der Waals surface area contributed by atoms with Gasteiger partial charge >= 0.3 is 5.57 Å². The zero-order chi connectivity index (χ0) is 10.9. The molecular weight excluding hydrogens is 231 g/mol. The first-order chi connectivity index (χ1) is 6.31. The molecule has 0 N–H and O–H groups in total. The summed E-state index contributed by atoms with van der Waals surface area (Å²) in [5.41, 5.74) is -4.18. The number of hydrogen-bond acceptors (Lipinski definition) is 1. The fourth-order valence-corrected chi connectivity index (χ4v) is 0.795. The van der Waals surface area contributed by atoms with Crippen LogP contribution in [-0.2, 0) is 0 Å². The number of benzene rings is 1. The lowest BCUT2D eigenvalue weighted by molar-refractivity contribution is -0.0988. The lowest BCUT2D eigenvalue weighted by atomic mass is 10.3. The molecule has 0 unspecified atom stereocenters. The van der Waals surface area contributed by atoms with Crippen LogP contribution < -0.4 is 4.74 Å². The zero-order valence-corrected chi connectivity index (χ0v) is 7.09. The first-order valence-corrected chi connectivity index (χ1v) is 3.58. The number of alkyl halides is 3. The molecule has 0 bridgehead atoms. The number of hydrogen-bond donors (Lipinski definition) is 0. The van der Waals surface area contributed by atoms with E-state index in [0.717, 1.165) is 0 Å². The summed E-state index contributed by atoms with van der Waals surface area (Å²) in [6.07, 6.45) is 0. The maximum absolute atomic E-state index is 12.7. The van der Waals surface area contributed by atoms with E-state index in [-0.39, 0.29) is 0 Å². The maximum atomic E-state index is 12.7. The molecule has 0 atom stereocenters. The third kappa shape index (κ3) is 2.47. The third-order valence-electron chi connectivity index (χ3n) is 1.23. The van der Waals surface area contributed by atoms with Gasteiger partial charge in [-0.15, -0.1) is 8.78 Å². The van der Waals surface area contributed by atoms with Crippen LogP contribution in [0.25, 0.3) is 0 Å². The van der Waals surface area contributed by atoms with Crippen molar-refractivity contribution in [2.75, 3.05) is 0 Å². The Labute approximate surface area is 80.0 Å². The quantitative estimate of drug-likeness (QED) is 0.432. The Morgan fingerprint density at radius 2 is 1.64 bits per heavy atom. The van der Waals surface area contributed by atoms with Crippen molar-refractivity contribution >= 4 is 11.6 Å². The summed E-state index contributed by atoms with van der Waals surface area (Å²) in [5, 5.41) is 0. The fourth-order valence-electron chi connectivity index (χ4n) is 0.712.